The number of aromatic amines is 1. The summed E-state index contributed by atoms with van der Waals surface area (Å²) in [7, 11) is 0. The van der Waals surface area contributed by atoms with Gasteiger partial charge in [0.2, 0.25) is 0 Å². The highest BCUT2D eigenvalue weighted by atomic mass is 16.4. The normalized spacial score (nSPS) is 18.3. The van der Waals surface area contributed by atoms with Crippen molar-refractivity contribution >= 4 is 5.97 Å². The van der Waals surface area contributed by atoms with Crippen molar-refractivity contribution in [2.45, 2.75) is 25.2 Å². The summed E-state index contributed by atoms with van der Waals surface area (Å²) in [5.74, 6) is -0.546. The van der Waals surface area contributed by atoms with Crippen LogP contribution < -0.4 is 0 Å². The number of carboxylic acids is 1. The van der Waals surface area contributed by atoms with Crippen LogP contribution in [0.25, 0.3) is 0 Å². The number of H-pyrrole nitrogens is 1. The second-order valence-electron chi connectivity index (χ2n) is 4.68. The quantitative estimate of drug-likeness (QED) is 0.849. The molecular formula is C14H14N2O2. The number of carbonyl (C=O) groups is 1. The average Bonchev–Trinajstić information content (AvgIpc) is 2.82. The van der Waals surface area contributed by atoms with E-state index in [1.54, 1.807) is 0 Å². The van der Waals surface area contributed by atoms with Gasteiger partial charge < -0.3 is 5.11 Å². The molecule has 2 N–H and O–H groups in total. The lowest BCUT2D eigenvalue weighted by Gasteiger charge is -2.22. The molecule has 0 radical (unpaired) electrons. The molecular weight excluding hydrogens is 228 g/mol. The Morgan fingerprint density at radius 1 is 1.33 bits per heavy atom. The first-order valence-corrected chi connectivity index (χ1v) is 6.10. The Morgan fingerprint density at radius 2 is 2.11 bits per heavy atom. The van der Waals surface area contributed by atoms with Crippen LogP contribution in [0.4, 0.5) is 0 Å². The lowest BCUT2D eigenvalue weighted by atomic mass is 9.82. The Bertz CT molecular complexity index is 575. The van der Waals surface area contributed by atoms with E-state index in [1.165, 1.54) is 5.56 Å². The number of hydrogen-bond acceptors (Lipinski definition) is 2. The smallest absolute Gasteiger partial charge is 0.356 e. The summed E-state index contributed by atoms with van der Waals surface area (Å²) in [5, 5.41) is 15.9. The molecule has 3 rings (SSSR count). The molecule has 1 aromatic carbocycles. The number of hydrogen-bond donors (Lipinski definition) is 2. The third-order valence-electron chi connectivity index (χ3n) is 3.62. The van der Waals surface area contributed by atoms with E-state index in [9.17, 15) is 4.79 Å². The number of benzene rings is 1. The molecule has 0 bridgehead atoms. The Kier molecular flexibility index (Phi) is 2.63. The molecule has 0 saturated carbocycles. The number of aromatic nitrogens is 2. The Morgan fingerprint density at radius 3 is 2.83 bits per heavy atom. The molecule has 92 valence electrons. The van der Waals surface area contributed by atoms with E-state index < -0.39 is 5.97 Å². The molecule has 1 aromatic heterocycles. The Balaban J connectivity index is 1.93. The second kappa shape index (κ2) is 4.29. The molecule has 4 heteroatoms. The number of carboxylic acid groups (broad SMARTS) is 1. The second-order valence-corrected chi connectivity index (χ2v) is 4.68. The number of nitrogens with one attached hydrogen (secondary N) is 1. The van der Waals surface area contributed by atoms with Crippen LogP contribution in [0.3, 0.4) is 0 Å². The summed E-state index contributed by atoms with van der Waals surface area (Å²) in [4.78, 5) is 11.1. The largest absolute Gasteiger partial charge is 0.476 e. The predicted octanol–water partition coefficient (Wildman–Crippen LogP) is 2.38. The first-order chi connectivity index (χ1) is 8.75. The van der Waals surface area contributed by atoms with Gasteiger partial charge in [0.1, 0.15) is 0 Å². The number of aromatic carboxylic acids is 1. The van der Waals surface area contributed by atoms with Gasteiger partial charge in [-0.05, 0) is 30.7 Å². The van der Waals surface area contributed by atoms with E-state index in [1.807, 2.05) is 18.2 Å². The molecule has 0 spiro atoms. The molecule has 2 aromatic rings. The van der Waals surface area contributed by atoms with Crippen LogP contribution in [0, 0.1) is 0 Å². The van der Waals surface area contributed by atoms with E-state index in [-0.39, 0.29) is 5.69 Å². The number of aryl methyl sites for hydroxylation is 1. The van der Waals surface area contributed by atoms with Crippen molar-refractivity contribution in [2.24, 2.45) is 0 Å². The van der Waals surface area contributed by atoms with E-state index in [0.717, 1.165) is 30.5 Å². The van der Waals surface area contributed by atoms with Gasteiger partial charge in [-0.1, -0.05) is 30.3 Å². The molecule has 1 heterocycles. The summed E-state index contributed by atoms with van der Waals surface area (Å²) in [6.07, 6.45) is 2.67. The molecule has 0 fully saturated rings. The topological polar surface area (TPSA) is 66.0 Å². The molecule has 18 heavy (non-hydrogen) atoms. The van der Waals surface area contributed by atoms with Crippen molar-refractivity contribution in [1.82, 2.24) is 10.2 Å². The first-order valence-electron chi connectivity index (χ1n) is 6.10. The monoisotopic (exact) mass is 242 g/mol. The average molecular weight is 242 g/mol. The van der Waals surface area contributed by atoms with Crippen LogP contribution in [0.1, 0.15) is 39.6 Å². The number of rotatable bonds is 2. The van der Waals surface area contributed by atoms with Gasteiger partial charge in [0, 0.05) is 11.3 Å². The lowest BCUT2D eigenvalue weighted by Crippen LogP contribution is -2.14. The van der Waals surface area contributed by atoms with Gasteiger partial charge in [0.25, 0.3) is 0 Å². The minimum atomic E-state index is -0.943. The van der Waals surface area contributed by atoms with Gasteiger partial charge in [-0.15, -0.1) is 0 Å². The van der Waals surface area contributed by atoms with Crippen LogP contribution in [0.2, 0.25) is 0 Å². The van der Waals surface area contributed by atoms with Gasteiger partial charge in [-0.2, -0.15) is 5.10 Å². The zero-order chi connectivity index (χ0) is 12.5. The zero-order valence-corrected chi connectivity index (χ0v) is 9.89. The highest BCUT2D eigenvalue weighted by Gasteiger charge is 2.27. The molecule has 0 saturated heterocycles. The Labute approximate surface area is 105 Å². The maximum atomic E-state index is 11.1. The summed E-state index contributed by atoms with van der Waals surface area (Å²) < 4.78 is 0. The van der Waals surface area contributed by atoms with Crippen LogP contribution in [-0.2, 0) is 12.8 Å². The van der Waals surface area contributed by atoms with Crippen LogP contribution in [-0.4, -0.2) is 21.3 Å². The standard InChI is InChI=1S/C14H14N2O2/c17-14(18)13-11-8-10(6-7-12(11)15-16-13)9-4-2-1-3-5-9/h1-5,10H,6-8H2,(H,15,16)(H,17,18)/t10-/m0/s1. The van der Waals surface area contributed by atoms with Crippen molar-refractivity contribution in [2.75, 3.05) is 0 Å². The van der Waals surface area contributed by atoms with Crippen LogP contribution in [0.15, 0.2) is 30.3 Å². The molecule has 1 aliphatic rings. The highest BCUT2D eigenvalue weighted by molar-refractivity contribution is 5.87. The van der Waals surface area contributed by atoms with Crippen LogP contribution >= 0.6 is 0 Å². The van der Waals surface area contributed by atoms with Gasteiger partial charge in [0.05, 0.1) is 0 Å². The first kappa shape index (κ1) is 11.0. The Hall–Kier alpha value is -2.10. The summed E-state index contributed by atoms with van der Waals surface area (Å²) in [6, 6.07) is 10.3. The lowest BCUT2D eigenvalue weighted by molar-refractivity contribution is 0.0689. The molecule has 0 aliphatic heterocycles. The fraction of sp³-hybridized carbons (Fsp3) is 0.286. The fourth-order valence-electron chi connectivity index (χ4n) is 2.68. The van der Waals surface area contributed by atoms with Gasteiger partial charge in [0.15, 0.2) is 5.69 Å². The van der Waals surface area contributed by atoms with Crippen molar-refractivity contribution in [3.63, 3.8) is 0 Å². The van der Waals surface area contributed by atoms with E-state index in [0.29, 0.717) is 5.92 Å². The van der Waals surface area contributed by atoms with E-state index >= 15 is 0 Å². The van der Waals surface area contributed by atoms with Crippen LogP contribution in [0.5, 0.6) is 0 Å². The minimum absolute atomic E-state index is 0.186. The molecule has 0 unspecified atom stereocenters. The number of fused-ring (bicyclic) bond motifs is 1. The highest BCUT2D eigenvalue weighted by Crippen LogP contribution is 2.33. The third-order valence-corrected chi connectivity index (χ3v) is 3.62. The van der Waals surface area contributed by atoms with Crippen molar-refractivity contribution in [1.29, 1.82) is 0 Å². The third kappa shape index (κ3) is 1.79. The predicted molar refractivity (Wildman–Crippen MR) is 66.8 cm³/mol. The zero-order valence-electron chi connectivity index (χ0n) is 9.89. The van der Waals surface area contributed by atoms with E-state index in [4.69, 9.17) is 5.11 Å². The van der Waals surface area contributed by atoms with Gasteiger partial charge in [-0.3, -0.25) is 5.10 Å². The SMILES string of the molecule is O=C(O)c1n[nH]c2c1C[C@@H](c1ccccc1)CC2. The van der Waals surface area contributed by atoms with Gasteiger partial charge in [-0.25, -0.2) is 4.79 Å². The summed E-state index contributed by atoms with van der Waals surface area (Å²) in [5.41, 5.74) is 3.33. The molecule has 1 aliphatic carbocycles. The number of nitrogens with zero attached hydrogens (tertiary/aromatic N) is 1. The van der Waals surface area contributed by atoms with Crippen molar-refractivity contribution in [3.8, 4) is 0 Å². The van der Waals surface area contributed by atoms with E-state index in [2.05, 4.69) is 22.3 Å². The maximum absolute atomic E-state index is 11.1. The van der Waals surface area contributed by atoms with Gasteiger partial charge >= 0.3 is 5.97 Å². The molecule has 0 amide bonds. The molecule has 1 atom stereocenters. The maximum Gasteiger partial charge on any atom is 0.356 e. The summed E-state index contributed by atoms with van der Waals surface area (Å²) in [6.45, 7) is 0. The molecule has 4 nitrogen and oxygen atoms in total. The van der Waals surface area contributed by atoms with Crippen molar-refractivity contribution < 1.29 is 9.90 Å². The fourth-order valence-corrected chi connectivity index (χ4v) is 2.68. The minimum Gasteiger partial charge on any atom is -0.476 e. The summed E-state index contributed by atoms with van der Waals surface area (Å²) >= 11 is 0. The van der Waals surface area contributed by atoms with Crippen molar-refractivity contribution in [3.05, 3.63) is 52.8 Å².